The Hall–Kier alpha value is -2.75. The number of halogens is 2. The zero-order valence-corrected chi connectivity index (χ0v) is 14.2. The van der Waals surface area contributed by atoms with Gasteiger partial charge in [-0.3, -0.25) is 9.69 Å². The van der Waals surface area contributed by atoms with Crippen molar-refractivity contribution in [1.82, 2.24) is 19.7 Å². The topological polar surface area (TPSA) is 89.7 Å². The minimum absolute atomic E-state index is 0.0945. The summed E-state index contributed by atoms with van der Waals surface area (Å²) < 4.78 is 36.4. The summed E-state index contributed by atoms with van der Waals surface area (Å²) in [4.78, 5) is 13.4. The molecule has 8 nitrogen and oxygen atoms in total. The molecule has 0 saturated heterocycles. The average molecular weight is 368 g/mol. The molecule has 3 rings (SSSR count). The predicted molar refractivity (Wildman–Crippen MR) is 85.1 cm³/mol. The quantitative estimate of drug-likeness (QED) is 0.829. The number of aliphatic carboxylic acids is 1. The third-order valence-corrected chi connectivity index (χ3v) is 4.27. The van der Waals surface area contributed by atoms with Gasteiger partial charge in [0.1, 0.15) is 17.7 Å². The lowest BCUT2D eigenvalue weighted by Crippen LogP contribution is -2.47. The fraction of sp³-hybridized carbons (Fsp3) is 0.438. The Balaban J connectivity index is 1.85. The number of hydrogen-bond acceptors (Lipinski definition) is 6. The average Bonchev–Trinajstić information content (AvgIpc) is 2.94. The van der Waals surface area contributed by atoms with Crippen LogP contribution in [0.15, 0.2) is 18.2 Å². The molecule has 1 aromatic carbocycles. The lowest BCUT2D eigenvalue weighted by atomic mass is 10.1. The summed E-state index contributed by atoms with van der Waals surface area (Å²) >= 11 is 0. The number of nitrogens with zero attached hydrogens (tertiary/aromatic N) is 4. The van der Waals surface area contributed by atoms with E-state index in [0.717, 1.165) is 0 Å². The van der Waals surface area contributed by atoms with E-state index in [2.05, 4.69) is 14.9 Å². The Morgan fingerprint density at radius 1 is 1.38 bits per heavy atom. The summed E-state index contributed by atoms with van der Waals surface area (Å²) in [6.07, 6.45) is 0. The molecule has 0 radical (unpaired) electrons. The van der Waals surface area contributed by atoms with Gasteiger partial charge in [-0.15, -0.1) is 10.2 Å². The van der Waals surface area contributed by atoms with Crippen molar-refractivity contribution in [3.63, 3.8) is 0 Å². The number of ether oxygens (including phenoxy) is 2. The highest BCUT2D eigenvalue weighted by molar-refractivity contribution is 5.73. The molecule has 0 spiro atoms. The molecule has 0 fully saturated rings. The maximum Gasteiger partial charge on any atom is 0.387 e. The number of carboxylic acids is 1. The van der Waals surface area contributed by atoms with E-state index in [4.69, 9.17) is 4.74 Å². The van der Waals surface area contributed by atoms with Crippen molar-refractivity contribution in [2.24, 2.45) is 0 Å². The standard InChI is InChI=1S/C16H18F2N4O4/c1-9-19-20-14-8-21(11(15(23)24)7-22(9)14)6-10-3-4-12(25-2)13(5-10)26-16(17)18/h3-5,11,16H,6-8H2,1-2H3,(H,23,24). The van der Waals surface area contributed by atoms with Crippen LogP contribution in [0.4, 0.5) is 8.78 Å². The molecule has 1 unspecified atom stereocenters. The van der Waals surface area contributed by atoms with Gasteiger partial charge in [-0.25, -0.2) is 0 Å². The Kier molecular flexibility index (Phi) is 5.03. The molecule has 1 aromatic heterocycles. The first kappa shape index (κ1) is 18.1. The molecule has 0 amide bonds. The fourth-order valence-electron chi connectivity index (χ4n) is 3.00. The predicted octanol–water partition coefficient (Wildman–Crippen LogP) is 1.67. The maximum absolute atomic E-state index is 12.6. The smallest absolute Gasteiger partial charge is 0.387 e. The highest BCUT2D eigenvalue weighted by Gasteiger charge is 2.33. The molecular weight excluding hydrogens is 350 g/mol. The van der Waals surface area contributed by atoms with Gasteiger partial charge in [-0.05, 0) is 24.6 Å². The van der Waals surface area contributed by atoms with Gasteiger partial charge in [0.2, 0.25) is 0 Å². The van der Waals surface area contributed by atoms with E-state index in [9.17, 15) is 18.7 Å². The van der Waals surface area contributed by atoms with Crippen LogP contribution >= 0.6 is 0 Å². The molecule has 140 valence electrons. The fourth-order valence-corrected chi connectivity index (χ4v) is 3.00. The van der Waals surface area contributed by atoms with E-state index in [-0.39, 0.29) is 31.1 Å². The van der Waals surface area contributed by atoms with Crippen LogP contribution in [0.25, 0.3) is 0 Å². The molecule has 0 saturated carbocycles. The molecular formula is C16H18F2N4O4. The molecule has 0 bridgehead atoms. The largest absolute Gasteiger partial charge is 0.493 e. The van der Waals surface area contributed by atoms with Crippen LogP contribution < -0.4 is 9.47 Å². The monoisotopic (exact) mass is 368 g/mol. The van der Waals surface area contributed by atoms with Gasteiger partial charge < -0.3 is 19.1 Å². The number of hydrogen-bond donors (Lipinski definition) is 1. The molecule has 2 heterocycles. The van der Waals surface area contributed by atoms with Crippen molar-refractivity contribution in [1.29, 1.82) is 0 Å². The van der Waals surface area contributed by atoms with Gasteiger partial charge in [-0.1, -0.05) is 6.07 Å². The van der Waals surface area contributed by atoms with Crippen LogP contribution in [-0.2, 0) is 24.4 Å². The number of benzene rings is 1. The highest BCUT2D eigenvalue weighted by atomic mass is 19.3. The van der Waals surface area contributed by atoms with Crippen molar-refractivity contribution in [3.05, 3.63) is 35.4 Å². The van der Waals surface area contributed by atoms with Gasteiger partial charge in [0.05, 0.1) is 20.2 Å². The Bertz CT molecular complexity index is 812. The van der Waals surface area contributed by atoms with Gasteiger partial charge in [0.15, 0.2) is 11.5 Å². The van der Waals surface area contributed by atoms with E-state index < -0.39 is 18.6 Å². The van der Waals surface area contributed by atoms with E-state index in [1.807, 2.05) is 0 Å². The summed E-state index contributed by atoms with van der Waals surface area (Å²) in [6, 6.07) is 3.84. The summed E-state index contributed by atoms with van der Waals surface area (Å²) in [5.41, 5.74) is 0.623. The van der Waals surface area contributed by atoms with Crippen molar-refractivity contribution >= 4 is 5.97 Å². The molecule has 1 aliphatic rings. The molecule has 1 aliphatic heterocycles. The molecule has 1 atom stereocenters. The summed E-state index contributed by atoms with van der Waals surface area (Å²) in [5.74, 6) is 0.433. The molecule has 0 aliphatic carbocycles. The second-order valence-electron chi connectivity index (χ2n) is 5.90. The molecule has 26 heavy (non-hydrogen) atoms. The molecule has 10 heteroatoms. The summed E-state index contributed by atoms with van der Waals surface area (Å²) in [7, 11) is 1.35. The van der Waals surface area contributed by atoms with Gasteiger partial charge in [-0.2, -0.15) is 8.78 Å². The van der Waals surface area contributed by atoms with Crippen molar-refractivity contribution in [2.45, 2.75) is 39.2 Å². The maximum atomic E-state index is 12.6. The van der Waals surface area contributed by atoms with E-state index in [1.54, 1.807) is 22.5 Å². The highest BCUT2D eigenvalue weighted by Crippen LogP contribution is 2.31. The van der Waals surface area contributed by atoms with Crippen LogP contribution in [0.2, 0.25) is 0 Å². The second-order valence-corrected chi connectivity index (χ2v) is 5.90. The molecule has 1 N–H and O–H groups in total. The van der Waals surface area contributed by atoms with Crippen LogP contribution in [0.5, 0.6) is 11.5 Å². The lowest BCUT2D eigenvalue weighted by Gasteiger charge is -2.33. The first-order chi connectivity index (χ1) is 12.4. The Morgan fingerprint density at radius 2 is 2.15 bits per heavy atom. The number of aromatic nitrogens is 3. The first-order valence-corrected chi connectivity index (χ1v) is 7.86. The van der Waals surface area contributed by atoms with Crippen LogP contribution in [0.1, 0.15) is 17.2 Å². The van der Waals surface area contributed by atoms with Crippen molar-refractivity contribution in [3.8, 4) is 11.5 Å². The second kappa shape index (κ2) is 7.24. The van der Waals surface area contributed by atoms with Gasteiger partial charge >= 0.3 is 12.6 Å². The first-order valence-electron chi connectivity index (χ1n) is 7.86. The van der Waals surface area contributed by atoms with Crippen molar-refractivity contribution in [2.75, 3.05) is 7.11 Å². The number of methoxy groups -OCH3 is 1. The number of carbonyl (C=O) groups is 1. The normalized spacial score (nSPS) is 17.2. The minimum atomic E-state index is -2.98. The third-order valence-electron chi connectivity index (χ3n) is 4.27. The number of fused-ring (bicyclic) bond motifs is 1. The van der Waals surface area contributed by atoms with Gasteiger partial charge in [0.25, 0.3) is 0 Å². The zero-order valence-electron chi connectivity index (χ0n) is 14.2. The van der Waals surface area contributed by atoms with E-state index in [0.29, 0.717) is 17.2 Å². The summed E-state index contributed by atoms with van der Waals surface area (Å²) in [6.45, 7) is -0.480. The van der Waals surface area contributed by atoms with Crippen LogP contribution in [0, 0.1) is 6.92 Å². The Morgan fingerprint density at radius 3 is 2.81 bits per heavy atom. The van der Waals surface area contributed by atoms with Crippen molar-refractivity contribution < 1.29 is 28.2 Å². The summed E-state index contributed by atoms with van der Waals surface area (Å²) in [5, 5.41) is 17.6. The number of aryl methyl sites for hydroxylation is 1. The number of rotatable bonds is 6. The minimum Gasteiger partial charge on any atom is -0.493 e. The van der Waals surface area contributed by atoms with E-state index in [1.165, 1.54) is 19.2 Å². The van der Waals surface area contributed by atoms with Gasteiger partial charge in [0, 0.05) is 6.54 Å². The van der Waals surface area contributed by atoms with E-state index >= 15 is 0 Å². The molecule has 2 aromatic rings. The third kappa shape index (κ3) is 3.59. The lowest BCUT2D eigenvalue weighted by molar-refractivity contribution is -0.145. The SMILES string of the molecule is COc1ccc(CN2Cc3nnc(C)n3CC2C(=O)O)cc1OC(F)F. The van der Waals surface area contributed by atoms with Crippen LogP contribution in [-0.4, -0.2) is 50.5 Å². The zero-order chi connectivity index (χ0) is 18.8. The number of carboxylic acid groups (broad SMARTS) is 1. The Labute approximate surface area is 148 Å². The van der Waals surface area contributed by atoms with Crippen LogP contribution in [0.3, 0.4) is 0 Å². The number of alkyl halides is 2.